The molecule has 0 aromatic heterocycles. The Bertz CT molecular complexity index is 845. The van der Waals surface area contributed by atoms with Crippen molar-refractivity contribution in [2.75, 3.05) is 39.5 Å². The number of carboxylic acids is 1. The summed E-state index contributed by atoms with van der Waals surface area (Å²) in [5, 5.41) is 19.9. The number of aliphatic carboxylic acids is 1. The van der Waals surface area contributed by atoms with Crippen LogP contribution < -0.4 is 16.0 Å². The summed E-state index contributed by atoms with van der Waals surface area (Å²) in [5.41, 5.74) is 8.93. The van der Waals surface area contributed by atoms with E-state index in [1.54, 1.807) is 24.3 Å². The number of carbonyl (C=O) groups excluding carboxylic acids is 3. The normalized spacial score (nSPS) is 12.0. The number of hydrogen-bond acceptors (Lipinski definition) is 7. The van der Waals surface area contributed by atoms with Crippen LogP contribution in [0.5, 0.6) is 0 Å². The Hall–Kier alpha value is -3.67. The summed E-state index contributed by atoms with van der Waals surface area (Å²) < 4.78 is 10.4. The molecule has 13 nitrogen and oxygen atoms in total. The standard InChI is InChI=1S/C21H30N6O7/c1-15(28)25-17(13-16-5-3-2-4-6-16)21(32)26-18(14-19(29)30)20(31)23-7-9-33-11-12-34-10-8-24-27-22/h2-6,17-18H,7-14H2,1H3,(H,23,31)(H,25,28)(H,26,32)(H,29,30)/t17-,18-/m0/s1. The number of nitrogens with one attached hydrogen (secondary N) is 3. The number of azide groups is 1. The van der Waals surface area contributed by atoms with Gasteiger partial charge in [-0.15, -0.1) is 0 Å². The molecule has 4 N–H and O–H groups in total. The van der Waals surface area contributed by atoms with Crippen molar-refractivity contribution in [1.29, 1.82) is 0 Å². The molecule has 13 heteroatoms. The minimum absolute atomic E-state index is 0.0860. The topological polar surface area (TPSA) is 192 Å². The van der Waals surface area contributed by atoms with Crippen molar-refractivity contribution < 1.29 is 33.8 Å². The van der Waals surface area contributed by atoms with Gasteiger partial charge in [-0.1, -0.05) is 35.4 Å². The van der Waals surface area contributed by atoms with Crippen molar-refractivity contribution in [3.8, 4) is 0 Å². The summed E-state index contributed by atoms with van der Waals surface area (Å²) in [6, 6.07) is 6.65. The fraction of sp³-hybridized carbons (Fsp3) is 0.524. The molecule has 34 heavy (non-hydrogen) atoms. The van der Waals surface area contributed by atoms with E-state index in [2.05, 4.69) is 26.0 Å². The first-order valence-corrected chi connectivity index (χ1v) is 10.6. The van der Waals surface area contributed by atoms with Gasteiger partial charge in [0.25, 0.3) is 0 Å². The highest BCUT2D eigenvalue weighted by molar-refractivity contribution is 5.93. The summed E-state index contributed by atoms with van der Waals surface area (Å²) in [6.45, 7) is 2.50. The molecule has 0 spiro atoms. The smallest absolute Gasteiger partial charge is 0.305 e. The van der Waals surface area contributed by atoms with Crippen molar-refractivity contribution in [2.24, 2.45) is 5.11 Å². The second-order valence-corrected chi connectivity index (χ2v) is 7.07. The first kappa shape index (κ1) is 28.4. The maximum absolute atomic E-state index is 12.8. The predicted molar refractivity (Wildman–Crippen MR) is 121 cm³/mol. The van der Waals surface area contributed by atoms with E-state index in [4.69, 9.17) is 20.1 Å². The van der Waals surface area contributed by atoms with Crippen LogP contribution in [0.15, 0.2) is 35.4 Å². The maximum atomic E-state index is 12.8. The average molecular weight is 479 g/mol. The van der Waals surface area contributed by atoms with Crippen LogP contribution in [0, 0.1) is 0 Å². The second kappa shape index (κ2) is 16.9. The van der Waals surface area contributed by atoms with E-state index in [9.17, 15) is 19.2 Å². The largest absolute Gasteiger partial charge is 0.481 e. The molecule has 0 aliphatic heterocycles. The van der Waals surface area contributed by atoms with Crippen LogP contribution in [0.1, 0.15) is 18.9 Å². The third-order valence-electron chi connectivity index (χ3n) is 4.30. The number of carbonyl (C=O) groups is 4. The highest BCUT2D eigenvalue weighted by Gasteiger charge is 2.28. The average Bonchev–Trinajstić information content (AvgIpc) is 2.79. The van der Waals surface area contributed by atoms with Crippen LogP contribution in [0.4, 0.5) is 0 Å². The minimum atomic E-state index is -1.33. The number of rotatable bonds is 17. The van der Waals surface area contributed by atoms with E-state index in [0.29, 0.717) is 0 Å². The van der Waals surface area contributed by atoms with Gasteiger partial charge in [-0.2, -0.15) is 0 Å². The van der Waals surface area contributed by atoms with Crippen LogP contribution >= 0.6 is 0 Å². The van der Waals surface area contributed by atoms with Crippen LogP contribution in [-0.2, 0) is 35.1 Å². The zero-order chi connectivity index (χ0) is 25.2. The molecule has 0 radical (unpaired) electrons. The quantitative estimate of drug-likeness (QED) is 0.106. The van der Waals surface area contributed by atoms with Crippen LogP contribution in [0.3, 0.4) is 0 Å². The Morgan fingerprint density at radius 3 is 2.29 bits per heavy atom. The summed E-state index contributed by atoms with van der Waals surface area (Å²) in [6.07, 6.45) is -0.456. The van der Waals surface area contributed by atoms with Gasteiger partial charge in [-0.3, -0.25) is 19.2 Å². The van der Waals surface area contributed by atoms with Gasteiger partial charge in [0.05, 0.1) is 32.8 Å². The van der Waals surface area contributed by atoms with Gasteiger partial charge in [0.2, 0.25) is 17.7 Å². The lowest BCUT2D eigenvalue weighted by atomic mass is 10.0. The molecule has 1 rings (SSSR count). The lowest BCUT2D eigenvalue weighted by molar-refractivity contribution is -0.141. The molecule has 0 saturated carbocycles. The Morgan fingerprint density at radius 2 is 1.68 bits per heavy atom. The Labute approximate surface area is 196 Å². The number of nitrogens with zero attached hydrogens (tertiary/aromatic N) is 3. The van der Waals surface area contributed by atoms with Crippen molar-refractivity contribution in [1.82, 2.24) is 16.0 Å². The Morgan fingerprint density at radius 1 is 1.00 bits per heavy atom. The van der Waals surface area contributed by atoms with Gasteiger partial charge in [-0.05, 0) is 11.1 Å². The van der Waals surface area contributed by atoms with Crippen LogP contribution in [0.25, 0.3) is 10.4 Å². The lowest BCUT2D eigenvalue weighted by Gasteiger charge is -2.22. The third-order valence-corrected chi connectivity index (χ3v) is 4.30. The fourth-order valence-corrected chi connectivity index (χ4v) is 2.80. The molecule has 0 heterocycles. The SMILES string of the molecule is CC(=O)N[C@@H](Cc1ccccc1)C(=O)N[C@@H](CC(=O)O)C(=O)NCCOCCOCCN=[N+]=[N-]. The van der Waals surface area contributed by atoms with E-state index in [0.717, 1.165) is 5.56 Å². The first-order chi connectivity index (χ1) is 16.3. The summed E-state index contributed by atoms with van der Waals surface area (Å²) in [7, 11) is 0. The first-order valence-electron chi connectivity index (χ1n) is 10.6. The van der Waals surface area contributed by atoms with E-state index in [1.807, 2.05) is 6.07 Å². The highest BCUT2D eigenvalue weighted by Crippen LogP contribution is 2.05. The molecular weight excluding hydrogens is 448 g/mol. The van der Waals surface area contributed by atoms with Crippen molar-refractivity contribution in [3.63, 3.8) is 0 Å². The van der Waals surface area contributed by atoms with E-state index >= 15 is 0 Å². The van der Waals surface area contributed by atoms with E-state index < -0.39 is 42.2 Å². The van der Waals surface area contributed by atoms with Crippen molar-refractivity contribution in [2.45, 2.75) is 31.8 Å². The molecule has 0 saturated heterocycles. The molecule has 0 aliphatic carbocycles. The molecule has 186 valence electrons. The number of carboxylic acid groups (broad SMARTS) is 1. The molecule has 1 aromatic carbocycles. The molecule has 1 aromatic rings. The third kappa shape index (κ3) is 13.0. The molecule has 0 fully saturated rings. The molecule has 2 atom stereocenters. The van der Waals surface area contributed by atoms with Crippen LogP contribution in [0.2, 0.25) is 0 Å². The van der Waals surface area contributed by atoms with E-state index in [1.165, 1.54) is 6.92 Å². The fourth-order valence-electron chi connectivity index (χ4n) is 2.80. The van der Waals surface area contributed by atoms with Crippen LogP contribution in [-0.4, -0.2) is 80.4 Å². The molecular formula is C21H30N6O7. The van der Waals surface area contributed by atoms with E-state index in [-0.39, 0.29) is 45.9 Å². The molecule has 0 aliphatic rings. The van der Waals surface area contributed by atoms with Crippen molar-refractivity contribution in [3.05, 3.63) is 46.3 Å². The number of hydrogen-bond donors (Lipinski definition) is 4. The number of benzene rings is 1. The van der Waals surface area contributed by atoms with Crippen molar-refractivity contribution >= 4 is 23.7 Å². The zero-order valence-electron chi connectivity index (χ0n) is 18.9. The number of amides is 3. The van der Waals surface area contributed by atoms with Gasteiger partial charge in [0.15, 0.2) is 0 Å². The summed E-state index contributed by atoms with van der Waals surface area (Å²) >= 11 is 0. The van der Waals surface area contributed by atoms with Gasteiger partial charge in [0, 0.05) is 31.3 Å². The summed E-state index contributed by atoms with van der Waals surface area (Å²) in [4.78, 5) is 50.6. The van der Waals surface area contributed by atoms with Gasteiger partial charge >= 0.3 is 5.97 Å². The Kier molecular flexibility index (Phi) is 14.1. The molecule has 3 amide bonds. The zero-order valence-corrected chi connectivity index (χ0v) is 18.9. The maximum Gasteiger partial charge on any atom is 0.305 e. The highest BCUT2D eigenvalue weighted by atomic mass is 16.5. The monoisotopic (exact) mass is 478 g/mol. The Balaban J connectivity index is 2.54. The van der Waals surface area contributed by atoms with Gasteiger partial charge in [0.1, 0.15) is 12.1 Å². The van der Waals surface area contributed by atoms with Gasteiger partial charge < -0.3 is 30.5 Å². The predicted octanol–water partition coefficient (Wildman–Crippen LogP) is 0.153. The lowest BCUT2D eigenvalue weighted by Crippen LogP contribution is -2.55. The molecule has 0 unspecified atom stereocenters. The molecule has 0 bridgehead atoms. The minimum Gasteiger partial charge on any atom is -0.481 e. The van der Waals surface area contributed by atoms with Gasteiger partial charge in [-0.25, -0.2) is 0 Å². The number of ether oxygens (including phenoxy) is 2. The summed E-state index contributed by atoms with van der Waals surface area (Å²) in [5.74, 6) is -3.07. The second-order valence-electron chi connectivity index (χ2n) is 7.07.